The van der Waals surface area contributed by atoms with Crippen LogP contribution in [0.5, 0.6) is 0 Å². The van der Waals surface area contributed by atoms with Crippen LogP contribution in [0.3, 0.4) is 0 Å². The van der Waals surface area contributed by atoms with Crippen molar-refractivity contribution in [1.29, 1.82) is 0 Å². The molecule has 0 aromatic heterocycles. The number of hydrogen-bond donors (Lipinski definition) is 3. The van der Waals surface area contributed by atoms with Crippen molar-refractivity contribution in [3.05, 3.63) is 48.6 Å². The predicted octanol–water partition coefficient (Wildman–Crippen LogP) is 16.4. The molecule has 8 nitrogen and oxygen atoms in total. The molecule has 3 atom stereocenters. The Morgan fingerprint density at radius 1 is 0.508 bits per heavy atom. The van der Waals surface area contributed by atoms with Gasteiger partial charge in [-0.3, -0.25) is 13.8 Å². The Kier molecular flexibility index (Phi) is 46.4. The number of allylic oxidation sites excluding steroid dienone is 7. The first-order chi connectivity index (χ1) is 31.5. The molecule has 382 valence electrons. The minimum absolute atomic E-state index is 0.0510. The molecule has 0 heterocycles. The molecular weight excluding hydrogens is 828 g/mol. The van der Waals surface area contributed by atoms with E-state index in [4.69, 9.17) is 9.05 Å². The molecule has 9 heteroatoms. The van der Waals surface area contributed by atoms with E-state index in [9.17, 15) is 19.4 Å². The van der Waals surface area contributed by atoms with Crippen molar-refractivity contribution in [2.24, 2.45) is 0 Å². The van der Waals surface area contributed by atoms with E-state index < -0.39 is 20.0 Å². The second-order valence-corrected chi connectivity index (χ2v) is 21.4. The van der Waals surface area contributed by atoms with Crippen LogP contribution in [0.15, 0.2) is 48.6 Å². The van der Waals surface area contributed by atoms with Crippen LogP contribution in [-0.4, -0.2) is 73.4 Å². The highest BCUT2D eigenvalue weighted by Gasteiger charge is 2.27. The summed E-state index contributed by atoms with van der Waals surface area (Å²) >= 11 is 0. The lowest BCUT2D eigenvalue weighted by atomic mass is 10.0. The maximum atomic E-state index is 12.9. The number of nitrogens with one attached hydrogen (secondary N) is 1. The fraction of sp³-hybridized carbons (Fsp3) is 0.839. The summed E-state index contributed by atoms with van der Waals surface area (Å²) in [5.41, 5.74) is 0. The number of hydrogen-bond acceptors (Lipinski definition) is 5. The highest BCUT2D eigenvalue weighted by molar-refractivity contribution is 7.47. The zero-order chi connectivity index (χ0) is 47.8. The summed E-state index contributed by atoms with van der Waals surface area (Å²) in [6.07, 6.45) is 62.4. The van der Waals surface area contributed by atoms with Gasteiger partial charge in [0.05, 0.1) is 39.9 Å². The van der Waals surface area contributed by atoms with E-state index in [1.54, 1.807) is 6.08 Å². The van der Waals surface area contributed by atoms with Crippen molar-refractivity contribution in [1.82, 2.24) is 5.32 Å². The Hall–Kier alpha value is -1.54. The third-order valence-electron chi connectivity index (χ3n) is 12.2. The second kappa shape index (κ2) is 47.5. The van der Waals surface area contributed by atoms with Gasteiger partial charge in [-0.15, -0.1) is 0 Å². The van der Waals surface area contributed by atoms with Crippen molar-refractivity contribution in [2.75, 3.05) is 40.9 Å². The van der Waals surface area contributed by atoms with Gasteiger partial charge in [0.2, 0.25) is 5.91 Å². The molecule has 3 unspecified atom stereocenters. The summed E-state index contributed by atoms with van der Waals surface area (Å²) in [5.74, 6) is -0.202. The molecule has 0 aliphatic heterocycles. The van der Waals surface area contributed by atoms with E-state index in [1.165, 1.54) is 161 Å². The minimum Gasteiger partial charge on any atom is -0.387 e. The number of likely N-dealkylation sites (N-methyl/N-ethyl adjacent to an activating group) is 1. The first kappa shape index (κ1) is 63.5. The first-order valence-electron chi connectivity index (χ1n) is 27.5. The lowest BCUT2D eigenvalue weighted by Gasteiger charge is -2.25. The van der Waals surface area contributed by atoms with Crippen LogP contribution in [0.2, 0.25) is 0 Å². The SMILES string of the molecule is CCCC/C=C\CCCCCCCC(=O)NC(COP(=O)(O)OCC[N+](C)(C)C)C(O)/C=C/CC/C=C/CC/C=C/CCCCCCCCCCCCCCCCCCCCCCCC. The van der Waals surface area contributed by atoms with Crippen LogP contribution in [0, 0.1) is 0 Å². The number of rotatable bonds is 50. The largest absolute Gasteiger partial charge is 0.472 e. The fourth-order valence-electron chi connectivity index (χ4n) is 7.88. The maximum Gasteiger partial charge on any atom is 0.472 e. The number of aliphatic hydroxyl groups is 1. The summed E-state index contributed by atoms with van der Waals surface area (Å²) < 4.78 is 23.6. The lowest BCUT2D eigenvalue weighted by molar-refractivity contribution is -0.870. The number of phosphoric acid groups is 1. The number of amides is 1. The number of carbonyl (C=O) groups is 1. The minimum atomic E-state index is -4.35. The van der Waals surface area contributed by atoms with E-state index in [0.717, 1.165) is 70.6 Å². The number of unbranched alkanes of at least 4 members (excludes halogenated alkanes) is 31. The quantitative estimate of drug-likeness (QED) is 0.0243. The molecule has 0 aromatic carbocycles. The van der Waals surface area contributed by atoms with E-state index in [1.807, 2.05) is 27.2 Å². The Balaban J connectivity index is 4.14. The molecule has 0 saturated heterocycles. The molecule has 65 heavy (non-hydrogen) atoms. The monoisotopic (exact) mass is 936 g/mol. The number of phosphoric ester groups is 1. The lowest BCUT2D eigenvalue weighted by Crippen LogP contribution is -2.45. The maximum absolute atomic E-state index is 12.9. The molecule has 0 bridgehead atoms. The molecule has 0 fully saturated rings. The molecule has 0 saturated carbocycles. The first-order valence-corrected chi connectivity index (χ1v) is 29.0. The van der Waals surface area contributed by atoms with Crippen LogP contribution < -0.4 is 5.32 Å². The van der Waals surface area contributed by atoms with Gasteiger partial charge < -0.3 is 19.8 Å². The van der Waals surface area contributed by atoms with Crippen LogP contribution in [0.4, 0.5) is 0 Å². The Labute approximate surface area is 403 Å². The summed E-state index contributed by atoms with van der Waals surface area (Å²) in [5, 5.41) is 13.8. The highest BCUT2D eigenvalue weighted by Crippen LogP contribution is 2.43. The predicted molar refractivity (Wildman–Crippen MR) is 281 cm³/mol. The van der Waals surface area contributed by atoms with Crippen molar-refractivity contribution in [3.63, 3.8) is 0 Å². The van der Waals surface area contributed by atoms with Crippen LogP contribution in [0.25, 0.3) is 0 Å². The van der Waals surface area contributed by atoms with Gasteiger partial charge in [-0.05, 0) is 64.2 Å². The van der Waals surface area contributed by atoms with E-state index in [2.05, 4.69) is 55.6 Å². The summed E-state index contributed by atoms with van der Waals surface area (Å²) in [6.45, 7) is 4.75. The molecule has 0 aliphatic rings. The van der Waals surface area contributed by atoms with Crippen LogP contribution >= 0.6 is 7.82 Å². The number of aliphatic hydroxyl groups excluding tert-OH is 1. The number of quaternary nitrogens is 1. The van der Waals surface area contributed by atoms with Gasteiger partial charge in [0.25, 0.3) is 0 Å². The van der Waals surface area contributed by atoms with Crippen molar-refractivity contribution < 1.29 is 32.9 Å². The van der Waals surface area contributed by atoms with Gasteiger partial charge in [-0.1, -0.05) is 229 Å². The summed E-state index contributed by atoms with van der Waals surface area (Å²) in [4.78, 5) is 23.1. The summed E-state index contributed by atoms with van der Waals surface area (Å²) in [7, 11) is 1.54. The number of nitrogens with zero attached hydrogens (tertiary/aromatic N) is 1. The van der Waals surface area contributed by atoms with E-state index in [-0.39, 0.29) is 19.1 Å². The average molecular weight is 936 g/mol. The van der Waals surface area contributed by atoms with E-state index >= 15 is 0 Å². The average Bonchev–Trinajstić information content (AvgIpc) is 3.26. The van der Waals surface area contributed by atoms with Crippen molar-refractivity contribution in [3.8, 4) is 0 Å². The molecule has 1 amide bonds. The molecular formula is C56H108N2O6P+. The van der Waals surface area contributed by atoms with Crippen molar-refractivity contribution in [2.45, 2.75) is 264 Å². The molecule has 0 spiro atoms. The van der Waals surface area contributed by atoms with E-state index in [0.29, 0.717) is 17.4 Å². The molecule has 0 rings (SSSR count). The smallest absolute Gasteiger partial charge is 0.387 e. The zero-order valence-electron chi connectivity index (χ0n) is 43.5. The standard InChI is InChI=1S/C56H107N2O6P/c1-6-8-10-12-14-16-18-19-20-21-22-23-24-25-26-27-28-29-30-31-32-33-34-35-36-37-38-40-41-43-45-47-49-55(59)54(53-64-65(61,62)63-52-51-58(3,4)5)57-56(60)50-48-46-44-42-39-17-15-13-11-9-7-2/h13,15,35-36,40-41,47,49,54-55,59H,6-12,14,16-34,37-39,42-46,48,50-53H2,1-5H3,(H-,57,60,61,62)/p+1/b15-13-,36-35+,41-40+,49-47+. The van der Waals surface area contributed by atoms with Gasteiger partial charge in [-0.25, -0.2) is 4.57 Å². The van der Waals surface area contributed by atoms with Crippen molar-refractivity contribution >= 4 is 13.7 Å². The number of carbonyl (C=O) groups excluding carboxylic acids is 1. The molecule has 0 aromatic rings. The Morgan fingerprint density at radius 3 is 1.28 bits per heavy atom. The third kappa shape index (κ3) is 50.2. The zero-order valence-corrected chi connectivity index (χ0v) is 44.4. The normalized spacial score (nSPS) is 14.4. The third-order valence-corrected chi connectivity index (χ3v) is 13.2. The molecule has 0 radical (unpaired) electrons. The van der Waals surface area contributed by atoms with Gasteiger partial charge >= 0.3 is 7.82 Å². The fourth-order valence-corrected chi connectivity index (χ4v) is 8.62. The highest BCUT2D eigenvalue weighted by atomic mass is 31.2. The molecule has 0 aliphatic carbocycles. The molecule has 3 N–H and O–H groups in total. The van der Waals surface area contributed by atoms with Gasteiger partial charge in [0.1, 0.15) is 13.2 Å². The van der Waals surface area contributed by atoms with Gasteiger partial charge in [0.15, 0.2) is 0 Å². The Bertz CT molecular complexity index is 1200. The Morgan fingerprint density at radius 2 is 0.862 bits per heavy atom. The summed E-state index contributed by atoms with van der Waals surface area (Å²) in [6, 6.07) is -0.874. The second-order valence-electron chi connectivity index (χ2n) is 19.9. The van der Waals surface area contributed by atoms with Crippen LogP contribution in [0.1, 0.15) is 251 Å². The van der Waals surface area contributed by atoms with Gasteiger partial charge in [-0.2, -0.15) is 0 Å². The van der Waals surface area contributed by atoms with Crippen LogP contribution in [-0.2, 0) is 18.4 Å². The topological polar surface area (TPSA) is 105 Å². The van der Waals surface area contributed by atoms with Gasteiger partial charge in [0, 0.05) is 6.42 Å².